The Morgan fingerprint density at radius 2 is 1.70 bits per heavy atom. The maximum absolute atomic E-state index is 13.1. The fraction of sp³-hybridized carbons (Fsp3) is 0.385. The molecule has 33 heavy (non-hydrogen) atoms. The topological polar surface area (TPSA) is 79.3 Å². The number of likely N-dealkylation sites (tertiary alicyclic amines) is 1. The molecule has 7 heteroatoms. The zero-order valence-corrected chi connectivity index (χ0v) is 19.1. The predicted molar refractivity (Wildman–Crippen MR) is 125 cm³/mol. The number of benzene rings is 2. The lowest BCUT2D eigenvalue weighted by atomic mass is 9.95. The fourth-order valence-corrected chi connectivity index (χ4v) is 4.40. The van der Waals surface area contributed by atoms with Crippen LogP contribution in [0.15, 0.2) is 54.1 Å². The second kappa shape index (κ2) is 10.2. The summed E-state index contributed by atoms with van der Waals surface area (Å²) in [5.41, 5.74) is 2.45. The van der Waals surface area contributed by atoms with Crippen LogP contribution in [0.4, 0.5) is 0 Å². The van der Waals surface area contributed by atoms with Gasteiger partial charge in [-0.2, -0.15) is 0 Å². The average molecular weight is 451 g/mol. The van der Waals surface area contributed by atoms with Gasteiger partial charge in [-0.15, -0.1) is 0 Å². The number of carbonyl (C=O) groups is 2. The molecule has 0 saturated carbocycles. The number of hydrogen-bond donors (Lipinski definition) is 1. The van der Waals surface area contributed by atoms with E-state index < -0.39 is 17.7 Å². The van der Waals surface area contributed by atoms with Gasteiger partial charge in [0, 0.05) is 31.7 Å². The van der Waals surface area contributed by atoms with Crippen LogP contribution in [-0.2, 0) is 14.3 Å². The van der Waals surface area contributed by atoms with Crippen LogP contribution < -0.4 is 4.74 Å². The number of ketones is 1. The molecule has 0 aromatic heterocycles. The number of nitrogens with zero attached hydrogens (tertiary/aromatic N) is 2. The Labute approximate surface area is 194 Å². The van der Waals surface area contributed by atoms with Crippen molar-refractivity contribution in [2.75, 3.05) is 46.5 Å². The van der Waals surface area contributed by atoms with Crippen LogP contribution in [-0.4, -0.2) is 73.1 Å². The van der Waals surface area contributed by atoms with Gasteiger partial charge in [0.05, 0.1) is 31.9 Å². The van der Waals surface area contributed by atoms with Gasteiger partial charge in [-0.25, -0.2) is 0 Å². The highest BCUT2D eigenvalue weighted by atomic mass is 16.5. The number of aliphatic hydroxyl groups is 1. The van der Waals surface area contributed by atoms with Gasteiger partial charge in [0.25, 0.3) is 11.7 Å². The smallest absolute Gasteiger partial charge is 0.295 e. The van der Waals surface area contributed by atoms with E-state index >= 15 is 0 Å². The summed E-state index contributed by atoms with van der Waals surface area (Å²) in [6, 6.07) is 13.9. The molecule has 2 aliphatic rings. The molecule has 2 aromatic carbocycles. The number of rotatable bonds is 7. The Kier molecular flexibility index (Phi) is 7.11. The van der Waals surface area contributed by atoms with E-state index in [1.807, 2.05) is 31.2 Å². The zero-order valence-electron chi connectivity index (χ0n) is 19.1. The number of morpholine rings is 1. The summed E-state index contributed by atoms with van der Waals surface area (Å²) in [7, 11) is 1.59. The Bertz CT molecular complexity index is 1020. The van der Waals surface area contributed by atoms with E-state index in [9.17, 15) is 14.7 Å². The molecule has 7 nitrogen and oxygen atoms in total. The van der Waals surface area contributed by atoms with Gasteiger partial charge < -0.3 is 19.5 Å². The molecule has 0 radical (unpaired) electrons. The molecule has 1 N–H and O–H groups in total. The van der Waals surface area contributed by atoms with Gasteiger partial charge in [0.1, 0.15) is 11.5 Å². The van der Waals surface area contributed by atoms with Crippen molar-refractivity contribution in [2.24, 2.45) is 0 Å². The lowest BCUT2D eigenvalue weighted by molar-refractivity contribution is -0.140. The van der Waals surface area contributed by atoms with Crippen molar-refractivity contribution in [3.63, 3.8) is 0 Å². The van der Waals surface area contributed by atoms with Gasteiger partial charge in [-0.1, -0.05) is 42.0 Å². The third-order valence-corrected chi connectivity index (χ3v) is 6.27. The first-order chi connectivity index (χ1) is 16.0. The molecule has 2 fully saturated rings. The van der Waals surface area contributed by atoms with E-state index in [0.29, 0.717) is 31.1 Å². The Balaban J connectivity index is 1.66. The molecule has 1 unspecified atom stereocenters. The molecular formula is C26H30N2O5. The first-order valence-corrected chi connectivity index (χ1v) is 11.3. The van der Waals surface area contributed by atoms with Crippen molar-refractivity contribution < 1.29 is 24.2 Å². The maximum atomic E-state index is 13.1. The number of ether oxygens (including phenoxy) is 2. The van der Waals surface area contributed by atoms with Gasteiger partial charge in [-0.3, -0.25) is 14.5 Å². The molecule has 174 valence electrons. The van der Waals surface area contributed by atoms with Crippen LogP contribution in [0, 0.1) is 6.92 Å². The predicted octanol–water partition coefficient (Wildman–Crippen LogP) is 3.15. The van der Waals surface area contributed by atoms with Crippen LogP contribution in [0.1, 0.15) is 29.2 Å². The highest BCUT2D eigenvalue weighted by Crippen LogP contribution is 2.39. The van der Waals surface area contributed by atoms with Crippen molar-refractivity contribution in [1.82, 2.24) is 9.80 Å². The highest BCUT2D eigenvalue weighted by molar-refractivity contribution is 6.46. The van der Waals surface area contributed by atoms with Crippen LogP contribution in [0.3, 0.4) is 0 Å². The molecule has 2 aliphatic heterocycles. The van der Waals surface area contributed by atoms with E-state index in [2.05, 4.69) is 4.90 Å². The molecule has 2 heterocycles. The van der Waals surface area contributed by atoms with Crippen molar-refractivity contribution in [2.45, 2.75) is 19.4 Å². The molecular weight excluding hydrogens is 420 g/mol. The number of aryl methyl sites for hydroxylation is 1. The van der Waals surface area contributed by atoms with Crippen LogP contribution in [0.5, 0.6) is 5.75 Å². The second-order valence-electron chi connectivity index (χ2n) is 8.44. The normalized spacial score (nSPS) is 20.9. The number of amides is 1. The van der Waals surface area contributed by atoms with Gasteiger partial charge in [0.2, 0.25) is 0 Å². The summed E-state index contributed by atoms with van der Waals surface area (Å²) in [6.07, 6.45) is 0.726. The third kappa shape index (κ3) is 4.94. The number of hydrogen-bond acceptors (Lipinski definition) is 6. The zero-order chi connectivity index (χ0) is 23.4. The minimum atomic E-state index is -0.653. The largest absolute Gasteiger partial charge is 0.507 e. The summed E-state index contributed by atoms with van der Waals surface area (Å²) < 4.78 is 10.7. The summed E-state index contributed by atoms with van der Waals surface area (Å²) in [5.74, 6) is -0.696. The third-order valence-electron chi connectivity index (χ3n) is 6.27. The molecule has 0 aliphatic carbocycles. The summed E-state index contributed by atoms with van der Waals surface area (Å²) in [4.78, 5) is 30.1. The van der Waals surface area contributed by atoms with E-state index in [0.717, 1.165) is 37.2 Å². The van der Waals surface area contributed by atoms with E-state index in [1.54, 1.807) is 36.3 Å². The van der Waals surface area contributed by atoms with Gasteiger partial charge >= 0.3 is 0 Å². The minimum Gasteiger partial charge on any atom is -0.507 e. The SMILES string of the molecule is COc1ccc(C2C(=C(O)c3ccc(C)cc3)C(=O)C(=O)N2CCCN2CCOCC2)cc1. The highest BCUT2D eigenvalue weighted by Gasteiger charge is 2.45. The second-order valence-corrected chi connectivity index (χ2v) is 8.44. The summed E-state index contributed by atoms with van der Waals surface area (Å²) in [6.45, 7) is 6.36. The van der Waals surface area contributed by atoms with E-state index in [1.165, 1.54) is 0 Å². The van der Waals surface area contributed by atoms with Crippen LogP contribution >= 0.6 is 0 Å². The molecule has 0 spiro atoms. The minimum absolute atomic E-state index is 0.125. The lowest BCUT2D eigenvalue weighted by Gasteiger charge is -2.29. The summed E-state index contributed by atoms with van der Waals surface area (Å²) >= 11 is 0. The van der Waals surface area contributed by atoms with E-state index in [4.69, 9.17) is 9.47 Å². The van der Waals surface area contributed by atoms with Gasteiger partial charge in [-0.05, 0) is 31.0 Å². The van der Waals surface area contributed by atoms with Crippen LogP contribution in [0.2, 0.25) is 0 Å². The van der Waals surface area contributed by atoms with Crippen molar-refractivity contribution in [1.29, 1.82) is 0 Å². The molecule has 1 atom stereocenters. The first-order valence-electron chi connectivity index (χ1n) is 11.3. The molecule has 2 aromatic rings. The lowest BCUT2D eigenvalue weighted by Crippen LogP contribution is -2.38. The Morgan fingerprint density at radius 3 is 2.33 bits per heavy atom. The fourth-order valence-electron chi connectivity index (χ4n) is 4.40. The summed E-state index contributed by atoms with van der Waals surface area (Å²) in [5, 5.41) is 11.1. The molecule has 0 bridgehead atoms. The maximum Gasteiger partial charge on any atom is 0.295 e. The standard InChI is InChI=1S/C26H30N2O5/c1-18-4-6-20(7-5-18)24(29)22-23(19-8-10-21(32-2)11-9-19)28(26(31)25(22)30)13-3-12-27-14-16-33-17-15-27/h4-11,23,29H,3,12-17H2,1-2H3. The van der Waals surface area contributed by atoms with Crippen molar-refractivity contribution >= 4 is 17.4 Å². The Morgan fingerprint density at radius 1 is 1.03 bits per heavy atom. The average Bonchev–Trinajstić information content (AvgIpc) is 3.10. The molecule has 1 amide bonds. The monoisotopic (exact) mass is 450 g/mol. The van der Waals surface area contributed by atoms with Crippen molar-refractivity contribution in [3.05, 3.63) is 70.8 Å². The van der Waals surface area contributed by atoms with Crippen LogP contribution in [0.25, 0.3) is 5.76 Å². The molecule has 2 saturated heterocycles. The van der Waals surface area contributed by atoms with Crippen molar-refractivity contribution in [3.8, 4) is 5.75 Å². The number of Topliss-reactive ketones (excluding diaryl/α,β-unsaturated/α-hetero) is 1. The van der Waals surface area contributed by atoms with Gasteiger partial charge in [0.15, 0.2) is 0 Å². The number of carbonyl (C=O) groups excluding carboxylic acids is 2. The van der Waals surface area contributed by atoms with E-state index in [-0.39, 0.29) is 11.3 Å². The number of methoxy groups -OCH3 is 1. The quantitative estimate of drug-likeness (QED) is 0.397. The number of aliphatic hydroxyl groups excluding tert-OH is 1. The first kappa shape index (κ1) is 23.0. The molecule has 4 rings (SSSR count). The Hall–Kier alpha value is -3.16.